The fraction of sp³-hybridized carbons (Fsp3) is 0.577. The van der Waals surface area contributed by atoms with Crippen molar-refractivity contribution in [1.82, 2.24) is 29.8 Å². The molecule has 0 aliphatic carbocycles. The third-order valence-corrected chi connectivity index (χ3v) is 6.66. The number of halogens is 2. The molecule has 2 saturated heterocycles. The Morgan fingerprint density at radius 1 is 1.10 bits per heavy atom. The molecule has 2 aliphatic heterocycles. The lowest BCUT2D eigenvalue weighted by atomic mass is 10.1. The van der Waals surface area contributed by atoms with E-state index in [0.29, 0.717) is 63.5 Å². The van der Waals surface area contributed by atoms with Crippen molar-refractivity contribution in [2.45, 2.75) is 51.7 Å². The number of rotatable bonds is 6. The summed E-state index contributed by atoms with van der Waals surface area (Å²) in [5.74, 6) is -0.0189. The number of aromatic nitrogens is 5. The number of benzene rings is 1. The van der Waals surface area contributed by atoms with E-state index in [1.807, 2.05) is 4.90 Å². The van der Waals surface area contributed by atoms with Crippen LogP contribution in [0.25, 0.3) is 17.0 Å². The predicted octanol–water partition coefficient (Wildman–Crippen LogP) is 3.49. The molecule has 1 amide bonds. The number of imidazole rings is 1. The van der Waals surface area contributed by atoms with Crippen molar-refractivity contribution in [2.75, 3.05) is 56.3 Å². The molecule has 0 spiro atoms. The molecule has 4 heterocycles. The molecule has 3 aromatic rings. The Bertz CT molecular complexity index is 1350. The van der Waals surface area contributed by atoms with Gasteiger partial charge in [0, 0.05) is 19.1 Å². The van der Waals surface area contributed by atoms with Crippen LogP contribution < -0.4 is 19.9 Å². The third kappa shape index (κ3) is 5.77. The van der Waals surface area contributed by atoms with Crippen molar-refractivity contribution in [3.8, 4) is 11.7 Å². The topological polar surface area (TPSA) is 120 Å². The monoisotopic (exact) mass is 560 g/mol. The number of hydrogen-bond donors (Lipinski definition) is 1. The highest BCUT2D eigenvalue weighted by molar-refractivity contribution is 5.87. The fourth-order valence-electron chi connectivity index (χ4n) is 4.84. The summed E-state index contributed by atoms with van der Waals surface area (Å²) >= 11 is 0. The minimum Gasteiger partial charge on any atom is -0.494 e. The van der Waals surface area contributed by atoms with Gasteiger partial charge in [-0.3, -0.25) is 4.57 Å². The number of fused-ring (bicyclic) bond motifs is 1. The number of para-hydroxylation sites is 1. The summed E-state index contributed by atoms with van der Waals surface area (Å²) in [5.41, 5.74) is -0.187. The molecule has 14 heteroatoms. The van der Waals surface area contributed by atoms with E-state index < -0.39 is 23.9 Å². The van der Waals surface area contributed by atoms with E-state index in [0.717, 1.165) is 0 Å². The molecule has 2 aliphatic rings. The maximum absolute atomic E-state index is 14.4. The smallest absolute Gasteiger partial charge is 0.417 e. The minimum atomic E-state index is -2.93. The zero-order valence-corrected chi connectivity index (χ0v) is 23.1. The summed E-state index contributed by atoms with van der Waals surface area (Å²) in [6.45, 7) is 8.61. The van der Waals surface area contributed by atoms with Crippen molar-refractivity contribution < 1.29 is 27.8 Å². The molecule has 40 heavy (non-hydrogen) atoms. The molecule has 0 atom stereocenters. The number of anilines is 2. The van der Waals surface area contributed by atoms with Gasteiger partial charge >= 0.3 is 6.09 Å². The van der Waals surface area contributed by atoms with E-state index in [1.54, 1.807) is 39.0 Å². The Morgan fingerprint density at radius 3 is 2.45 bits per heavy atom. The Hall–Kier alpha value is -3.65. The summed E-state index contributed by atoms with van der Waals surface area (Å²) in [6.07, 6.45) is -2.27. The average Bonchev–Trinajstić information content (AvgIpc) is 3.33. The molecular formula is C26H34F2N8O4. The molecule has 216 valence electrons. The Kier molecular flexibility index (Phi) is 7.99. The van der Waals surface area contributed by atoms with Crippen LogP contribution in [0.3, 0.4) is 0 Å². The largest absolute Gasteiger partial charge is 0.494 e. The highest BCUT2D eigenvalue weighted by Gasteiger charge is 2.35. The van der Waals surface area contributed by atoms with Crippen LogP contribution in [0.15, 0.2) is 18.2 Å². The van der Waals surface area contributed by atoms with Crippen molar-refractivity contribution in [1.29, 1.82) is 0 Å². The van der Waals surface area contributed by atoms with Gasteiger partial charge in [-0.05, 0) is 58.8 Å². The highest BCUT2D eigenvalue weighted by atomic mass is 19.3. The van der Waals surface area contributed by atoms with Gasteiger partial charge in [-0.2, -0.15) is 15.0 Å². The number of alkyl halides is 2. The standard InChI is InChI=1S/C26H34F2N8O4/c1-26(2,3)40-25(37)35(16-8-10-29-11-9-16)23-31-22(34-12-14-39-15-13-34)32-24(33-23)36-17-6-5-7-18(38-4)19(17)30-21(36)20(27)28/h5-7,16,20,29H,8-15H2,1-4H3. The summed E-state index contributed by atoms with van der Waals surface area (Å²) < 4.78 is 46.6. The summed E-state index contributed by atoms with van der Waals surface area (Å²) in [7, 11) is 1.45. The van der Waals surface area contributed by atoms with Gasteiger partial charge in [0.25, 0.3) is 6.43 Å². The first-order chi connectivity index (χ1) is 19.2. The molecule has 5 rings (SSSR count). The van der Waals surface area contributed by atoms with Gasteiger partial charge in [-0.1, -0.05) is 6.07 Å². The van der Waals surface area contributed by atoms with Crippen LogP contribution in [-0.4, -0.2) is 88.7 Å². The van der Waals surface area contributed by atoms with Gasteiger partial charge in [-0.15, -0.1) is 0 Å². The lowest BCUT2D eigenvalue weighted by Gasteiger charge is -2.35. The number of hydrogen-bond acceptors (Lipinski definition) is 10. The minimum absolute atomic E-state index is 0.0256. The zero-order valence-electron chi connectivity index (χ0n) is 23.1. The molecule has 0 unspecified atom stereocenters. The van der Waals surface area contributed by atoms with Gasteiger partial charge in [0.15, 0.2) is 5.82 Å². The quantitative estimate of drug-likeness (QED) is 0.480. The van der Waals surface area contributed by atoms with Crippen LogP contribution in [0.2, 0.25) is 0 Å². The van der Waals surface area contributed by atoms with Crippen LogP contribution in [0, 0.1) is 0 Å². The second-order valence-corrected chi connectivity index (χ2v) is 10.6. The molecule has 12 nitrogen and oxygen atoms in total. The molecule has 2 fully saturated rings. The first-order valence-electron chi connectivity index (χ1n) is 13.3. The van der Waals surface area contributed by atoms with Gasteiger partial charge < -0.3 is 24.4 Å². The number of ether oxygens (including phenoxy) is 3. The van der Waals surface area contributed by atoms with E-state index in [-0.39, 0.29) is 29.4 Å². The van der Waals surface area contributed by atoms with Crippen LogP contribution in [0.1, 0.15) is 45.9 Å². The van der Waals surface area contributed by atoms with Gasteiger partial charge in [0.2, 0.25) is 17.8 Å². The van der Waals surface area contributed by atoms with E-state index in [9.17, 15) is 13.6 Å². The van der Waals surface area contributed by atoms with Crippen LogP contribution >= 0.6 is 0 Å². The first-order valence-corrected chi connectivity index (χ1v) is 13.3. The molecule has 2 aromatic heterocycles. The van der Waals surface area contributed by atoms with Crippen LogP contribution in [-0.2, 0) is 9.47 Å². The normalized spacial score (nSPS) is 16.9. The average molecular weight is 561 g/mol. The van der Waals surface area contributed by atoms with E-state index in [1.165, 1.54) is 16.6 Å². The Labute approximate surface area is 230 Å². The fourth-order valence-corrected chi connectivity index (χ4v) is 4.84. The number of amides is 1. The number of piperidine rings is 1. The molecular weight excluding hydrogens is 526 g/mol. The maximum atomic E-state index is 14.4. The van der Waals surface area contributed by atoms with E-state index in [4.69, 9.17) is 14.2 Å². The van der Waals surface area contributed by atoms with Gasteiger partial charge in [-0.25, -0.2) is 23.5 Å². The van der Waals surface area contributed by atoms with Crippen LogP contribution in [0.4, 0.5) is 25.5 Å². The lowest BCUT2D eigenvalue weighted by molar-refractivity contribution is 0.0556. The van der Waals surface area contributed by atoms with Gasteiger partial charge in [0.1, 0.15) is 16.9 Å². The first kappa shape index (κ1) is 27.9. The van der Waals surface area contributed by atoms with Crippen LogP contribution in [0.5, 0.6) is 5.75 Å². The Balaban J connectivity index is 1.72. The van der Waals surface area contributed by atoms with Crippen molar-refractivity contribution in [2.24, 2.45) is 0 Å². The molecule has 0 bridgehead atoms. The van der Waals surface area contributed by atoms with Gasteiger partial charge in [0.05, 0.1) is 25.8 Å². The number of morpholine rings is 1. The van der Waals surface area contributed by atoms with E-state index in [2.05, 4.69) is 25.3 Å². The van der Waals surface area contributed by atoms with E-state index >= 15 is 0 Å². The summed E-state index contributed by atoms with van der Waals surface area (Å²) in [5, 5.41) is 3.29. The number of nitrogens with one attached hydrogen (secondary N) is 1. The summed E-state index contributed by atoms with van der Waals surface area (Å²) in [6, 6.07) is 4.71. The number of carbonyl (C=O) groups is 1. The molecule has 0 saturated carbocycles. The number of carbonyl (C=O) groups excluding carboxylic acids is 1. The maximum Gasteiger partial charge on any atom is 0.417 e. The lowest BCUT2D eigenvalue weighted by Crippen LogP contribution is -2.49. The zero-order chi connectivity index (χ0) is 28.4. The third-order valence-electron chi connectivity index (χ3n) is 6.66. The number of methoxy groups -OCH3 is 1. The highest BCUT2D eigenvalue weighted by Crippen LogP contribution is 2.33. The Morgan fingerprint density at radius 2 is 1.80 bits per heavy atom. The molecule has 1 N–H and O–H groups in total. The van der Waals surface area contributed by atoms with Crippen molar-refractivity contribution >= 4 is 29.0 Å². The van der Waals surface area contributed by atoms with Crippen molar-refractivity contribution in [3.05, 3.63) is 24.0 Å². The molecule has 0 radical (unpaired) electrons. The van der Waals surface area contributed by atoms with Crippen molar-refractivity contribution in [3.63, 3.8) is 0 Å². The summed E-state index contributed by atoms with van der Waals surface area (Å²) in [4.78, 5) is 35.0. The predicted molar refractivity (Wildman–Crippen MR) is 144 cm³/mol. The second-order valence-electron chi connectivity index (χ2n) is 10.6. The second kappa shape index (κ2) is 11.5. The number of nitrogens with zero attached hydrogens (tertiary/aromatic N) is 7. The SMILES string of the molecule is COc1cccc2c1nc(C(F)F)n2-c1nc(N2CCOCC2)nc(N(C(=O)OC(C)(C)C)C2CCNCC2)n1. The molecule has 1 aromatic carbocycles.